The number of nitrogens with one attached hydrogen (secondary N) is 1. The van der Waals surface area contributed by atoms with Gasteiger partial charge in [0.15, 0.2) is 0 Å². The summed E-state index contributed by atoms with van der Waals surface area (Å²) in [6, 6.07) is 8.21. The van der Waals surface area contributed by atoms with Gasteiger partial charge in [0.05, 0.1) is 2.88 Å². The summed E-state index contributed by atoms with van der Waals surface area (Å²) in [6.45, 7) is 12.7. The molecule has 1 unspecified atom stereocenters. The van der Waals surface area contributed by atoms with E-state index in [2.05, 4.69) is 89.8 Å². The maximum absolute atomic E-state index is 11.8. The maximum atomic E-state index is 11.8. The molecule has 3 heterocycles. The van der Waals surface area contributed by atoms with E-state index in [1.807, 2.05) is 24.5 Å². The third kappa shape index (κ3) is 4.83. The fraction of sp³-hybridized carbons (Fsp3) is 0.565. The number of pyridine rings is 1. The molecule has 3 rings (SSSR count). The first-order valence-electron chi connectivity index (χ1n) is 10.5. The first kappa shape index (κ1) is 23.5. The van der Waals surface area contributed by atoms with Crippen LogP contribution >= 0.6 is 33.9 Å². The number of aryl methyl sites for hydroxylation is 2. The number of hydrogen-bond donors (Lipinski definition) is 2. The van der Waals surface area contributed by atoms with Crippen LogP contribution < -0.4 is 11.1 Å². The van der Waals surface area contributed by atoms with E-state index in [1.54, 1.807) is 0 Å². The number of nitrogens with two attached hydrogens (primary N) is 1. The molecule has 5 nitrogen and oxygen atoms in total. The summed E-state index contributed by atoms with van der Waals surface area (Å²) in [7, 11) is 0. The minimum Gasteiger partial charge on any atom is -0.352 e. The van der Waals surface area contributed by atoms with E-state index >= 15 is 0 Å². The van der Waals surface area contributed by atoms with Crippen molar-refractivity contribution < 1.29 is 4.79 Å². The topological polar surface area (TPSA) is 71.2 Å². The SMILES string of the molecule is Cc1ccc(C(C)(C)N2CCC(CCc3ccc(I)s3)(C(C)(C)NC(N)=O)C2)cn1. The van der Waals surface area contributed by atoms with Crippen molar-refractivity contribution in [2.45, 2.75) is 65.0 Å². The van der Waals surface area contributed by atoms with Gasteiger partial charge in [-0.05, 0) is 107 Å². The number of carbonyl (C=O) groups is 1. The van der Waals surface area contributed by atoms with Crippen LogP contribution in [0.4, 0.5) is 4.79 Å². The van der Waals surface area contributed by atoms with Gasteiger partial charge in [-0.3, -0.25) is 9.88 Å². The van der Waals surface area contributed by atoms with Crippen LogP contribution in [0.1, 0.15) is 56.7 Å². The molecule has 0 aromatic carbocycles. The van der Waals surface area contributed by atoms with Gasteiger partial charge >= 0.3 is 6.03 Å². The Labute approximate surface area is 198 Å². The van der Waals surface area contributed by atoms with Crippen molar-refractivity contribution in [1.29, 1.82) is 0 Å². The van der Waals surface area contributed by atoms with E-state index < -0.39 is 11.6 Å². The normalized spacial score (nSPS) is 20.5. The Bertz CT molecular complexity index is 893. The van der Waals surface area contributed by atoms with Gasteiger partial charge < -0.3 is 11.1 Å². The summed E-state index contributed by atoms with van der Waals surface area (Å²) < 4.78 is 1.31. The second-order valence-corrected chi connectivity index (χ2v) is 12.6. The molecule has 1 aliphatic heterocycles. The van der Waals surface area contributed by atoms with E-state index in [9.17, 15) is 4.79 Å². The monoisotopic (exact) mass is 540 g/mol. The van der Waals surface area contributed by atoms with Crippen LogP contribution in [-0.4, -0.2) is 34.5 Å². The molecule has 2 aromatic rings. The number of amides is 2. The van der Waals surface area contributed by atoms with Crippen LogP contribution in [0.2, 0.25) is 0 Å². The number of aromatic nitrogens is 1. The molecule has 3 N–H and O–H groups in total. The van der Waals surface area contributed by atoms with Crippen LogP contribution in [0.25, 0.3) is 0 Å². The zero-order valence-corrected chi connectivity index (χ0v) is 21.6. The quantitative estimate of drug-likeness (QED) is 0.483. The van der Waals surface area contributed by atoms with Crippen molar-refractivity contribution in [3.63, 3.8) is 0 Å². The largest absolute Gasteiger partial charge is 0.352 e. The lowest BCUT2D eigenvalue weighted by Crippen LogP contribution is -2.59. The van der Waals surface area contributed by atoms with E-state index in [0.29, 0.717) is 0 Å². The standard InChI is InChI=1S/C23H33IN4OS/c1-16-6-7-17(14-26-16)21(2,3)28-13-12-23(15-28,22(4,5)27-20(25)29)11-10-18-8-9-19(24)30-18/h6-9,14H,10-13,15H2,1-5H3,(H3,25,27,29). The zero-order chi connectivity index (χ0) is 22.2. The predicted molar refractivity (Wildman–Crippen MR) is 133 cm³/mol. The van der Waals surface area contributed by atoms with Crippen molar-refractivity contribution in [3.8, 4) is 0 Å². The molecule has 0 radical (unpaired) electrons. The highest BCUT2D eigenvalue weighted by molar-refractivity contribution is 14.1. The molecule has 0 spiro atoms. The molecule has 1 fully saturated rings. The fourth-order valence-electron chi connectivity index (χ4n) is 4.68. The summed E-state index contributed by atoms with van der Waals surface area (Å²) in [5, 5.41) is 3.06. The molecule has 2 amide bonds. The lowest BCUT2D eigenvalue weighted by molar-refractivity contribution is 0.0790. The summed E-state index contributed by atoms with van der Waals surface area (Å²) in [5.41, 5.74) is 7.22. The van der Waals surface area contributed by atoms with E-state index in [1.165, 1.54) is 13.3 Å². The van der Waals surface area contributed by atoms with E-state index in [4.69, 9.17) is 5.73 Å². The number of hydrogen-bond acceptors (Lipinski definition) is 4. The maximum Gasteiger partial charge on any atom is 0.312 e. The van der Waals surface area contributed by atoms with Crippen molar-refractivity contribution in [1.82, 2.24) is 15.2 Å². The predicted octanol–water partition coefficient (Wildman–Crippen LogP) is 5.06. The Hall–Kier alpha value is -1.19. The summed E-state index contributed by atoms with van der Waals surface area (Å²) in [4.78, 5) is 20.3. The molecular weight excluding hydrogens is 507 g/mol. The van der Waals surface area contributed by atoms with Crippen LogP contribution in [0.3, 0.4) is 0 Å². The van der Waals surface area contributed by atoms with Crippen LogP contribution in [0, 0.1) is 15.2 Å². The van der Waals surface area contributed by atoms with Crippen LogP contribution in [-0.2, 0) is 12.0 Å². The Morgan fingerprint density at radius 2 is 2.03 bits per heavy atom. The van der Waals surface area contributed by atoms with Gasteiger partial charge in [0.1, 0.15) is 0 Å². The summed E-state index contributed by atoms with van der Waals surface area (Å²) in [6.07, 6.45) is 5.04. The average molecular weight is 541 g/mol. The van der Waals surface area contributed by atoms with Crippen LogP contribution in [0.15, 0.2) is 30.5 Å². The molecule has 7 heteroatoms. The van der Waals surface area contributed by atoms with E-state index in [-0.39, 0.29) is 11.0 Å². The molecule has 1 aliphatic rings. The lowest BCUT2D eigenvalue weighted by atomic mass is 9.67. The molecule has 0 bridgehead atoms. The number of rotatable bonds is 7. The Kier molecular flexibility index (Phi) is 6.84. The number of likely N-dealkylation sites (tertiary alicyclic amines) is 1. The van der Waals surface area contributed by atoms with Crippen molar-refractivity contribution in [3.05, 3.63) is 49.5 Å². The highest BCUT2D eigenvalue weighted by Crippen LogP contribution is 2.48. The average Bonchev–Trinajstić information content (AvgIpc) is 3.27. The van der Waals surface area contributed by atoms with Crippen LogP contribution in [0.5, 0.6) is 0 Å². The number of thiophene rings is 1. The first-order valence-corrected chi connectivity index (χ1v) is 12.3. The van der Waals surface area contributed by atoms with Crippen molar-refractivity contribution in [2.24, 2.45) is 11.1 Å². The number of nitrogens with zero attached hydrogens (tertiary/aromatic N) is 2. The molecule has 2 aromatic heterocycles. The van der Waals surface area contributed by atoms with Gasteiger partial charge in [0.25, 0.3) is 0 Å². The number of primary amides is 1. The van der Waals surface area contributed by atoms with Gasteiger partial charge in [-0.15, -0.1) is 11.3 Å². The number of halogens is 1. The molecule has 1 saturated heterocycles. The number of urea groups is 1. The Morgan fingerprint density at radius 1 is 1.30 bits per heavy atom. The Morgan fingerprint density at radius 3 is 2.60 bits per heavy atom. The summed E-state index contributed by atoms with van der Waals surface area (Å²) >= 11 is 4.23. The van der Waals surface area contributed by atoms with Gasteiger partial charge in [0, 0.05) is 39.8 Å². The van der Waals surface area contributed by atoms with Gasteiger partial charge in [-0.2, -0.15) is 0 Å². The lowest BCUT2D eigenvalue weighted by Gasteiger charge is -2.46. The second-order valence-electron chi connectivity index (χ2n) is 9.52. The third-order valence-corrected chi connectivity index (χ3v) is 8.96. The van der Waals surface area contributed by atoms with Gasteiger partial charge in [-0.1, -0.05) is 6.07 Å². The van der Waals surface area contributed by atoms with Gasteiger partial charge in [0.2, 0.25) is 0 Å². The minimum absolute atomic E-state index is 0.0626. The molecule has 30 heavy (non-hydrogen) atoms. The second kappa shape index (κ2) is 8.74. The van der Waals surface area contributed by atoms with Gasteiger partial charge in [-0.25, -0.2) is 4.79 Å². The van der Waals surface area contributed by atoms with Crippen molar-refractivity contribution in [2.75, 3.05) is 13.1 Å². The molecule has 0 saturated carbocycles. The smallest absolute Gasteiger partial charge is 0.312 e. The number of carbonyl (C=O) groups excluding carboxylic acids is 1. The third-order valence-electron chi connectivity index (χ3n) is 7.00. The zero-order valence-electron chi connectivity index (χ0n) is 18.6. The minimum atomic E-state index is -0.453. The molecule has 164 valence electrons. The molecular formula is C23H33IN4OS. The van der Waals surface area contributed by atoms with E-state index in [0.717, 1.165) is 38.0 Å². The summed E-state index contributed by atoms with van der Waals surface area (Å²) in [5.74, 6) is 0. The Balaban J connectivity index is 1.87. The molecule has 0 aliphatic carbocycles. The highest BCUT2D eigenvalue weighted by atomic mass is 127. The first-order chi connectivity index (χ1) is 13.9. The molecule has 1 atom stereocenters. The fourth-order valence-corrected chi connectivity index (χ4v) is 6.43. The highest BCUT2D eigenvalue weighted by Gasteiger charge is 2.52. The van der Waals surface area contributed by atoms with Crippen molar-refractivity contribution >= 4 is 40.0 Å².